The number of amides is 1. The number of ether oxygens (including phenoxy) is 1. The minimum Gasteiger partial charge on any atom is -0.496 e. The molecule has 4 rings (SSSR count). The molecule has 0 bridgehead atoms. The Morgan fingerprint density at radius 2 is 2.00 bits per heavy atom. The van der Waals surface area contributed by atoms with Crippen LogP contribution < -0.4 is 21.5 Å². The van der Waals surface area contributed by atoms with E-state index in [0.717, 1.165) is 16.0 Å². The van der Waals surface area contributed by atoms with Crippen LogP contribution >= 0.6 is 22.9 Å². The molecular formula is C21H16ClN5O3S. The summed E-state index contributed by atoms with van der Waals surface area (Å²) >= 11 is 7.10. The van der Waals surface area contributed by atoms with Gasteiger partial charge in [-0.3, -0.25) is 9.59 Å². The minimum absolute atomic E-state index is 0.0228. The van der Waals surface area contributed by atoms with Crippen molar-refractivity contribution in [3.63, 3.8) is 0 Å². The molecule has 2 aromatic carbocycles. The van der Waals surface area contributed by atoms with Crippen molar-refractivity contribution in [3.8, 4) is 11.4 Å². The summed E-state index contributed by atoms with van der Waals surface area (Å²) in [6.45, 7) is 0. The Hall–Kier alpha value is -3.69. The number of hydrogen-bond acceptors (Lipinski definition) is 7. The second-order valence-electron chi connectivity index (χ2n) is 6.37. The zero-order chi connectivity index (χ0) is 22.0. The van der Waals surface area contributed by atoms with Crippen LogP contribution in [0.3, 0.4) is 0 Å². The van der Waals surface area contributed by atoms with Gasteiger partial charge in [-0.25, -0.2) is 5.43 Å². The van der Waals surface area contributed by atoms with Crippen LogP contribution in [0.1, 0.15) is 16.1 Å². The highest BCUT2D eigenvalue weighted by Gasteiger charge is 2.20. The summed E-state index contributed by atoms with van der Waals surface area (Å²) in [7, 11) is 1.55. The fourth-order valence-corrected chi connectivity index (χ4v) is 3.90. The van der Waals surface area contributed by atoms with Gasteiger partial charge in [0, 0.05) is 21.4 Å². The van der Waals surface area contributed by atoms with E-state index in [0.29, 0.717) is 32.4 Å². The van der Waals surface area contributed by atoms with Crippen LogP contribution in [-0.4, -0.2) is 29.0 Å². The number of aromatic nitrogens is 2. The maximum Gasteiger partial charge on any atom is 0.292 e. The van der Waals surface area contributed by atoms with Crippen molar-refractivity contribution in [3.05, 3.63) is 80.5 Å². The number of anilines is 1. The molecule has 0 saturated heterocycles. The SMILES string of the molecule is COc1ccccc1C=NNC(=O)c1nn(-c2ccc(Cl)cc2)c(=O)c2c(N)scc12. The van der Waals surface area contributed by atoms with Crippen molar-refractivity contribution in [2.45, 2.75) is 0 Å². The summed E-state index contributed by atoms with van der Waals surface area (Å²) in [4.78, 5) is 25.8. The molecule has 0 atom stereocenters. The number of rotatable bonds is 5. The monoisotopic (exact) mass is 453 g/mol. The number of halogens is 1. The number of nitrogens with two attached hydrogens (primary N) is 1. The number of carbonyl (C=O) groups is 1. The first kappa shape index (κ1) is 20.6. The number of nitrogens with one attached hydrogen (secondary N) is 1. The second-order valence-corrected chi connectivity index (χ2v) is 7.72. The van der Waals surface area contributed by atoms with E-state index in [9.17, 15) is 9.59 Å². The number of fused-ring (bicyclic) bond motifs is 1. The number of hydrazone groups is 1. The molecule has 0 unspecified atom stereocenters. The maximum absolute atomic E-state index is 13.0. The third kappa shape index (κ3) is 4.00. The van der Waals surface area contributed by atoms with Gasteiger partial charge in [-0.2, -0.15) is 14.9 Å². The van der Waals surface area contributed by atoms with Gasteiger partial charge in [0.05, 0.1) is 29.4 Å². The Bertz CT molecular complexity index is 1360. The predicted octanol–water partition coefficient (Wildman–Crippen LogP) is 3.46. The predicted molar refractivity (Wildman–Crippen MR) is 123 cm³/mol. The van der Waals surface area contributed by atoms with E-state index < -0.39 is 11.5 Å². The lowest BCUT2D eigenvalue weighted by Crippen LogP contribution is -2.28. The van der Waals surface area contributed by atoms with Crippen molar-refractivity contribution < 1.29 is 9.53 Å². The molecule has 31 heavy (non-hydrogen) atoms. The van der Waals surface area contributed by atoms with Crippen LogP contribution in [0.5, 0.6) is 5.75 Å². The van der Waals surface area contributed by atoms with E-state index in [4.69, 9.17) is 22.1 Å². The van der Waals surface area contributed by atoms with E-state index in [2.05, 4.69) is 15.6 Å². The van der Waals surface area contributed by atoms with Crippen LogP contribution in [0.2, 0.25) is 5.02 Å². The molecule has 8 nitrogen and oxygen atoms in total. The Kier molecular flexibility index (Phi) is 5.70. The van der Waals surface area contributed by atoms with E-state index in [-0.39, 0.29) is 11.1 Å². The summed E-state index contributed by atoms with van der Waals surface area (Å²) in [5.74, 6) is 0.0274. The molecule has 0 radical (unpaired) electrons. The summed E-state index contributed by atoms with van der Waals surface area (Å²) < 4.78 is 6.38. The van der Waals surface area contributed by atoms with Crippen molar-refractivity contribution >= 4 is 50.8 Å². The first-order valence-corrected chi connectivity index (χ1v) is 10.3. The number of nitrogens with zero attached hydrogens (tertiary/aromatic N) is 3. The fourth-order valence-electron chi connectivity index (χ4n) is 2.98. The lowest BCUT2D eigenvalue weighted by atomic mass is 10.2. The molecule has 10 heteroatoms. The van der Waals surface area contributed by atoms with Gasteiger partial charge in [0.15, 0.2) is 5.69 Å². The van der Waals surface area contributed by atoms with E-state index >= 15 is 0 Å². The molecule has 0 aliphatic carbocycles. The van der Waals surface area contributed by atoms with E-state index in [1.54, 1.807) is 48.9 Å². The molecule has 2 aromatic heterocycles. The average Bonchev–Trinajstić information content (AvgIpc) is 3.17. The van der Waals surface area contributed by atoms with Gasteiger partial charge < -0.3 is 10.5 Å². The summed E-state index contributed by atoms with van der Waals surface area (Å²) in [6, 6.07) is 13.8. The molecular weight excluding hydrogens is 438 g/mol. The number of benzene rings is 2. The molecule has 1 amide bonds. The Labute approximate surface area is 185 Å². The van der Waals surface area contributed by atoms with Crippen molar-refractivity contribution in [1.82, 2.24) is 15.2 Å². The second kappa shape index (κ2) is 8.58. The van der Waals surface area contributed by atoms with Crippen LogP contribution in [-0.2, 0) is 0 Å². The normalized spacial score (nSPS) is 11.2. The third-order valence-electron chi connectivity index (χ3n) is 4.48. The van der Waals surface area contributed by atoms with E-state index in [1.165, 1.54) is 6.21 Å². The lowest BCUT2D eigenvalue weighted by Gasteiger charge is -2.09. The Morgan fingerprint density at radius 3 is 2.74 bits per heavy atom. The fraction of sp³-hybridized carbons (Fsp3) is 0.0476. The van der Waals surface area contributed by atoms with Gasteiger partial charge in [-0.15, -0.1) is 11.3 Å². The average molecular weight is 454 g/mol. The Balaban J connectivity index is 1.73. The van der Waals surface area contributed by atoms with Gasteiger partial charge in [0.25, 0.3) is 11.5 Å². The summed E-state index contributed by atoms with van der Waals surface area (Å²) in [6.07, 6.45) is 1.46. The van der Waals surface area contributed by atoms with E-state index in [1.807, 2.05) is 12.1 Å². The lowest BCUT2D eigenvalue weighted by molar-refractivity contribution is 0.0950. The van der Waals surface area contributed by atoms with Crippen molar-refractivity contribution in [2.24, 2.45) is 5.10 Å². The van der Waals surface area contributed by atoms with Gasteiger partial charge in [-0.05, 0) is 36.4 Å². The molecule has 2 heterocycles. The third-order valence-corrected chi connectivity index (χ3v) is 5.54. The molecule has 0 spiro atoms. The molecule has 0 aliphatic rings. The first-order chi connectivity index (χ1) is 15.0. The van der Waals surface area contributed by atoms with Crippen molar-refractivity contribution in [1.29, 1.82) is 0 Å². The van der Waals surface area contributed by atoms with Crippen LogP contribution in [0.25, 0.3) is 16.5 Å². The van der Waals surface area contributed by atoms with Gasteiger partial charge in [0.2, 0.25) is 0 Å². The molecule has 0 fully saturated rings. The van der Waals surface area contributed by atoms with Gasteiger partial charge in [0.1, 0.15) is 5.75 Å². The number of para-hydroxylation sites is 1. The molecule has 0 aliphatic heterocycles. The molecule has 156 valence electrons. The highest BCUT2D eigenvalue weighted by atomic mass is 35.5. The number of hydrogen-bond donors (Lipinski definition) is 2. The van der Waals surface area contributed by atoms with Gasteiger partial charge >= 0.3 is 0 Å². The largest absolute Gasteiger partial charge is 0.496 e. The van der Waals surface area contributed by atoms with Gasteiger partial charge in [-0.1, -0.05) is 23.7 Å². The molecule has 4 aromatic rings. The highest BCUT2D eigenvalue weighted by Crippen LogP contribution is 2.27. The zero-order valence-electron chi connectivity index (χ0n) is 16.2. The number of thiophene rings is 1. The smallest absolute Gasteiger partial charge is 0.292 e. The topological polar surface area (TPSA) is 112 Å². The van der Waals surface area contributed by atoms with Crippen molar-refractivity contribution in [2.75, 3.05) is 12.8 Å². The van der Waals surface area contributed by atoms with Crippen LogP contribution in [0, 0.1) is 0 Å². The summed E-state index contributed by atoms with van der Waals surface area (Å²) in [5.41, 5.74) is 9.19. The summed E-state index contributed by atoms with van der Waals surface area (Å²) in [5, 5.41) is 11.3. The maximum atomic E-state index is 13.0. The minimum atomic E-state index is -0.586. The molecule has 3 N–H and O–H groups in total. The number of methoxy groups -OCH3 is 1. The number of carbonyl (C=O) groups excluding carboxylic acids is 1. The molecule has 0 saturated carbocycles. The van der Waals surface area contributed by atoms with Crippen LogP contribution in [0.4, 0.5) is 5.00 Å². The highest BCUT2D eigenvalue weighted by molar-refractivity contribution is 7.15. The standard InChI is InChI=1S/C21H16ClN5O3S/c1-30-16-5-3-2-4-12(16)10-24-25-20(28)18-15-11-31-19(23)17(15)21(29)27(26-18)14-8-6-13(22)7-9-14/h2-11H,23H2,1H3,(H,25,28). The first-order valence-electron chi connectivity index (χ1n) is 9.02. The zero-order valence-corrected chi connectivity index (χ0v) is 17.8. The number of nitrogen functional groups attached to an aromatic ring is 1. The van der Waals surface area contributed by atoms with Crippen LogP contribution in [0.15, 0.2) is 63.8 Å². The Morgan fingerprint density at radius 1 is 1.26 bits per heavy atom. The quantitative estimate of drug-likeness (QED) is 0.355.